The lowest BCUT2D eigenvalue weighted by Crippen LogP contribution is -2.22. The molecule has 1 amide bonds. The van der Waals surface area contributed by atoms with Crippen molar-refractivity contribution in [3.8, 4) is 11.5 Å². The van der Waals surface area contributed by atoms with Crippen molar-refractivity contribution in [1.82, 2.24) is 0 Å². The topological polar surface area (TPSA) is 59.6 Å². The smallest absolute Gasteiger partial charge is 0.243 e. The zero-order chi connectivity index (χ0) is 21.9. The molecule has 0 radical (unpaired) electrons. The third-order valence-electron chi connectivity index (χ3n) is 4.55. The molecule has 31 heavy (non-hydrogen) atoms. The van der Waals surface area contributed by atoms with E-state index in [1.54, 1.807) is 0 Å². The summed E-state index contributed by atoms with van der Waals surface area (Å²) in [6.07, 6.45) is 2.00. The molecule has 5 nitrogen and oxygen atoms in total. The summed E-state index contributed by atoms with van der Waals surface area (Å²) in [5.41, 5.74) is 2.83. The zero-order valence-electron chi connectivity index (χ0n) is 18.1. The van der Waals surface area contributed by atoms with Gasteiger partial charge in [0.25, 0.3) is 0 Å². The first-order valence-corrected chi connectivity index (χ1v) is 10.7. The number of nitrogens with one attached hydrogen (secondary N) is 2. The van der Waals surface area contributed by atoms with E-state index in [1.165, 1.54) is 5.56 Å². The van der Waals surface area contributed by atoms with Gasteiger partial charge in [-0.05, 0) is 68.7 Å². The minimum Gasteiger partial charge on any atom is -0.491 e. The molecule has 0 saturated carbocycles. The number of anilines is 2. The van der Waals surface area contributed by atoms with Gasteiger partial charge in [0.2, 0.25) is 5.91 Å². The Morgan fingerprint density at radius 3 is 2.35 bits per heavy atom. The van der Waals surface area contributed by atoms with Gasteiger partial charge in [0.05, 0.1) is 24.9 Å². The van der Waals surface area contributed by atoms with Crippen LogP contribution in [0.25, 0.3) is 0 Å². The van der Waals surface area contributed by atoms with Crippen LogP contribution in [0.15, 0.2) is 78.9 Å². The molecule has 162 valence electrons. The fourth-order valence-electron chi connectivity index (χ4n) is 3.10. The van der Waals surface area contributed by atoms with E-state index in [4.69, 9.17) is 9.47 Å². The standard InChI is InChI=1S/C26H30N2O3/c1-20(2)31-23-16-14-22(15-17-23)27-19-26(29)28-24-12-6-7-13-25(24)30-18-8-11-21-9-4-3-5-10-21/h3-7,9-10,12-17,20,27H,8,11,18-19H2,1-2H3,(H,28,29). The minimum atomic E-state index is -0.136. The molecule has 0 aliphatic rings. The number of hydrogen-bond donors (Lipinski definition) is 2. The van der Waals surface area contributed by atoms with Crippen LogP contribution in [0.4, 0.5) is 11.4 Å². The van der Waals surface area contributed by atoms with Crippen molar-refractivity contribution in [2.75, 3.05) is 23.8 Å². The summed E-state index contributed by atoms with van der Waals surface area (Å²) in [5, 5.41) is 6.05. The predicted molar refractivity (Wildman–Crippen MR) is 126 cm³/mol. The van der Waals surface area contributed by atoms with Gasteiger partial charge in [0.1, 0.15) is 11.5 Å². The van der Waals surface area contributed by atoms with Gasteiger partial charge in [0, 0.05) is 5.69 Å². The highest BCUT2D eigenvalue weighted by molar-refractivity contribution is 5.95. The maximum absolute atomic E-state index is 12.4. The molecule has 0 saturated heterocycles. The number of carbonyl (C=O) groups excluding carboxylic acids is 1. The number of aryl methyl sites for hydroxylation is 1. The second-order valence-electron chi connectivity index (χ2n) is 7.53. The molecule has 3 aromatic carbocycles. The minimum absolute atomic E-state index is 0.130. The Morgan fingerprint density at radius 1 is 0.903 bits per heavy atom. The van der Waals surface area contributed by atoms with Crippen LogP contribution >= 0.6 is 0 Å². The van der Waals surface area contributed by atoms with Crippen molar-refractivity contribution in [1.29, 1.82) is 0 Å². The van der Waals surface area contributed by atoms with E-state index in [2.05, 4.69) is 22.8 Å². The Kier molecular flexibility index (Phi) is 8.35. The zero-order valence-corrected chi connectivity index (χ0v) is 18.1. The van der Waals surface area contributed by atoms with Crippen molar-refractivity contribution < 1.29 is 14.3 Å². The quantitative estimate of drug-likeness (QED) is 0.402. The fraction of sp³-hybridized carbons (Fsp3) is 0.269. The van der Waals surface area contributed by atoms with Crippen LogP contribution in [0.5, 0.6) is 11.5 Å². The Labute approximate surface area is 184 Å². The lowest BCUT2D eigenvalue weighted by atomic mass is 10.1. The first kappa shape index (κ1) is 22.2. The first-order chi connectivity index (χ1) is 15.1. The van der Waals surface area contributed by atoms with E-state index in [1.807, 2.05) is 80.6 Å². The van der Waals surface area contributed by atoms with Crippen LogP contribution in [0.3, 0.4) is 0 Å². The number of para-hydroxylation sites is 2. The van der Waals surface area contributed by atoms with Gasteiger partial charge >= 0.3 is 0 Å². The van der Waals surface area contributed by atoms with Gasteiger partial charge < -0.3 is 20.1 Å². The number of rotatable bonds is 11. The summed E-state index contributed by atoms with van der Waals surface area (Å²) in [4.78, 5) is 12.4. The molecular formula is C26H30N2O3. The molecule has 0 fully saturated rings. The first-order valence-electron chi connectivity index (χ1n) is 10.7. The molecule has 0 bridgehead atoms. The van der Waals surface area contributed by atoms with Gasteiger partial charge in [-0.15, -0.1) is 0 Å². The SMILES string of the molecule is CC(C)Oc1ccc(NCC(=O)Nc2ccccc2OCCCc2ccccc2)cc1. The molecule has 3 aromatic rings. The molecule has 5 heteroatoms. The van der Waals surface area contributed by atoms with Crippen LogP contribution in [0.1, 0.15) is 25.8 Å². The Bertz CT molecular complexity index is 940. The number of amides is 1. The molecule has 0 aliphatic carbocycles. The van der Waals surface area contributed by atoms with Crippen LogP contribution in [-0.4, -0.2) is 25.2 Å². The van der Waals surface area contributed by atoms with Crippen molar-refractivity contribution in [3.63, 3.8) is 0 Å². The average molecular weight is 419 g/mol. The molecule has 0 atom stereocenters. The Balaban J connectivity index is 1.45. The Morgan fingerprint density at radius 2 is 1.61 bits per heavy atom. The second-order valence-corrected chi connectivity index (χ2v) is 7.53. The maximum Gasteiger partial charge on any atom is 0.243 e. The lowest BCUT2D eigenvalue weighted by molar-refractivity contribution is -0.114. The maximum atomic E-state index is 12.4. The molecule has 0 heterocycles. The van der Waals surface area contributed by atoms with E-state index >= 15 is 0 Å². The summed E-state index contributed by atoms with van der Waals surface area (Å²) in [5.74, 6) is 1.35. The summed E-state index contributed by atoms with van der Waals surface area (Å²) < 4.78 is 11.5. The summed E-state index contributed by atoms with van der Waals surface area (Å²) in [7, 11) is 0. The summed E-state index contributed by atoms with van der Waals surface area (Å²) in [6.45, 7) is 4.72. The number of hydrogen-bond acceptors (Lipinski definition) is 4. The van der Waals surface area contributed by atoms with Crippen molar-refractivity contribution in [2.45, 2.75) is 32.8 Å². The van der Waals surface area contributed by atoms with Crippen molar-refractivity contribution in [3.05, 3.63) is 84.4 Å². The highest BCUT2D eigenvalue weighted by Crippen LogP contribution is 2.24. The molecular weight excluding hydrogens is 388 g/mol. The number of benzene rings is 3. The summed E-state index contributed by atoms with van der Waals surface area (Å²) >= 11 is 0. The molecule has 2 N–H and O–H groups in total. The van der Waals surface area contributed by atoms with E-state index in [9.17, 15) is 4.79 Å². The van der Waals surface area contributed by atoms with Gasteiger partial charge in [0.15, 0.2) is 0 Å². The predicted octanol–water partition coefficient (Wildman–Crippen LogP) is 5.54. The summed E-state index contributed by atoms with van der Waals surface area (Å²) in [6, 6.07) is 25.4. The normalized spacial score (nSPS) is 10.5. The third-order valence-corrected chi connectivity index (χ3v) is 4.55. The van der Waals surface area contributed by atoms with Crippen molar-refractivity contribution in [2.24, 2.45) is 0 Å². The van der Waals surface area contributed by atoms with Crippen LogP contribution < -0.4 is 20.1 Å². The van der Waals surface area contributed by atoms with E-state index in [-0.39, 0.29) is 18.6 Å². The number of carbonyl (C=O) groups is 1. The molecule has 3 rings (SSSR count). The van der Waals surface area contributed by atoms with Gasteiger partial charge in [-0.25, -0.2) is 0 Å². The van der Waals surface area contributed by atoms with Gasteiger partial charge in [-0.2, -0.15) is 0 Å². The Hall–Kier alpha value is -3.47. The highest BCUT2D eigenvalue weighted by atomic mass is 16.5. The largest absolute Gasteiger partial charge is 0.491 e. The molecule has 0 spiro atoms. The average Bonchev–Trinajstić information content (AvgIpc) is 2.77. The molecule has 0 aliphatic heterocycles. The third kappa shape index (κ3) is 7.70. The van der Waals surface area contributed by atoms with E-state index < -0.39 is 0 Å². The monoisotopic (exact) mass is 418 g/mol. The molecule has 0 unspecified atom stereocenters. The van der Waals surface area contributed by atoms with Gasteiger partial charge in [-0.3, -0.25) is 4.79 Å². The van der Waals surface area contributed by atoms with Gasteiger partial charge in [-0.1, -0.05) is 42.5 Å². The van der Waals surface area contributed by atoms with E-state index in [0.29, 0.717) is 18.0 Å². The highest BCUT2D eigenvalue weighted by Gasteiger charge is 2.08. The fourth-order valence-corrected chi connectivity index (χ4v) is 3.10. The molecule has 0 aromatic heterocycles. The lowest BCUT2D eigenvalue weighted by Gasteiger charge is -2.13. The van der Waals surface area contributed by atoms with Crippen LogP contribution in [0.2, 0.25) is 0 Å². The van der Waals surface area contributed by atoms with Crippen LogP contribution in [0, 0.1) is 0 Å². The van der Waals surface area contributed by atoms with Crippen LogP contribution in [-0.2, 0) is 11.2 Å². The number of ether oxygens (including phenoxy) is 2. The van der Waals surface area contributed by atoms with E-state index in [0.717, 1.165) is 24.3 Å². The second kappa shape index (κ2) is 11.6. The van der Waals surface area contributed by atoms with Crippen molar-refractivity contribution >= 4 is 17.3 Å².